The van der Waals surface area contributed by atoms with E-state index in [-0.39, 0.29) is 11.9 Å². The maximum absolute atomic E-state index is 12.1. The minimum absolute atomic E-state index is 0.151. The third-order valence-electron chi connectivity index (χ3n) is 2.88. The number of hydrogen-bond acceptors (Lipinski definition) is 3. The summed E-state index contributed by atoms with van der Waals surface area (Å²) in [6.07, 6.45) is 1.76. The first kappa shape index (κ1) is 14.6. The molecule has 1 aromatic rings. The molecule has 1 rings (SSSR count). The van der Waals surface area contributed by atoms with Gasteiger partial charge in [0.2, 0.25) is 0 Å². The number of anilines is 1. The molecule has 3 N–H and O–H groups in total. The second-order valence-corrected chi connectivity index (χ2v) is 4.47. The Balaban J connectivity index is 3.01. The summed E-state index contributed by atoms with van der Waals surface area (Å²) in [4.78, 5) is 12.1. The van der Waals surface area contributed by atoms with Gasteiger partial charge in [-0.3, -0.25) is 4.79 Å². The Morgan fingerprint density at radius 2 is 2.06 bits per heavy atom. The molecule has 1 aromatic carbocycles. The van der Waals surface area contributed by atoms with Crippen molar-refractivity contribution in [2.45, 2.75) is 32.7 Å². The van der Waals surface area contributed by atoms with Crippen molar-refractivity contribution in [1.82, 2.24) is 5.32 Å². The van der Waals surface area contributed by atoms with E-state index in [2.05, 4.69) is 5.32 Å². The smallest absolute Gasteiger partial charge is 0.255 e. The molecule has 0 saturated carbocycles. The number of hydrogen-bond donors (Lipinski definition) is 2. The Bertz CT molecular complexity index is 431. The van der Waals surface area contributed by atoms with E-state index < -0.39 is 0 Å². The second-order valence-electron chi connectivity index (χ2n) is 4.06. The summed E-state index contributed by atoms with van der Waals surface area (Å²) >= 11 is 5.93. The fourth-order valence-corrected chi connectivity index (χ4v) is 1.84. The standard InChI is InChI=1S/C13H19ClN2O2/c1-4-8(5-2)16-13(17)9-6-10(14)11(15)7-12(9)18-3/h6-8H,4-5,15H2,1-3H3,(H,16,17). The highest BCUT2D eigenvalue weighted by Gasteiger charge is 2.17. The molecule has 100 valence electrons. The number of rotatable bonds is 5. The number of benzene rings is 1. The van der Waals surface area contributed by atoms with Crippen molar-refractivity contribution in [3.8, 4) is 5.75 Å². The van der Waals surface area contributed by atoms with Gasteiger partial charge in [-0.15, -0.1) is 0 Å². The van der Waals surface area contributed by atoms with Crippen LogP contribution in [-0.2, 0) is 0 Å². The van der Waals surface area contributed by atoms with Gasteiger partial charge >= 0.3 is 0 Å². The number of halogens is 1. The van der Waals surface area contributed by atoms with Gasteiger partial charge in [-0.25, -0.2) is 0 Å². The summed E-state index contributed by atoms with van der Waals surface area (Å²) in [5.41, 5.74) is 6.48. The van der Waals surface area contributed by atoms with Gasteiger partial charge in [0, 0.05) is 12.1 Å². The maximum Gasteiger partial charge on any atom is 0.255 e. The lowest BCUT2D eigenvalue weighted by Gasteiger charge is -2.16. The zero-order valence-corrected chi connectivity index (χ0v) is 11.7. The predicted octanol–water partition coefficient (Wildman–Crippen LogP) is 2.85. The first-order valence-electron chi connectivity index (χ1n) is 5.97. The summed E-state index contributed by atoms with van der Waals surface area (Å²) in [5.74, 6) is 0.239. The Kier molecular flexibility index (Phi) is 5.28. The molecule has 0 radical (unpaired) electrons. The van der Waals surface area contributed by atoms with Crippen LogP contribution in [0.4, 0.5) is 5.69 Å². The minimum atomic E-state index is -0.192. The molecule has 0 fully saturated rings. The van der Waals surface area contributed by atoms with E-state index in [4.69, 9.17) is 22.1 Å². The first-order chi connectivity index (χ1) is 8.53. The molecule has 5 heteroatoms. The Hall–Kier alpha value is -1.42. The molecule has 0 aliphatic carbocycles. The van der Waals surface area contributed by atoms with Crippen molar-refractivity contribution < 1.29 is 9.53 Å². The number of amides is 1. The highest BCUT2D eigenvalue weighted by Crippen LogP contribution is 2.28. The molecule has 0 saturated heterocycles. The Labute approximate surface area is 112 Å². The lowest BCUT2D eigenvalue weighted by molar-refractivity contribution is 0.0932. The van der Waals surface area contributed by atoms with Crippen molar-refractivity contribution in [3.05, 3.63) is 22.7 Å². The number of nitrogen functional groups attached to an aromatic ring is 1. The van der Waals surface area contributed by atoms with Gasteiger partial charge in [0.05, 0.1) is 23.4 Å². The van der Waals surface area contributed by atoms with Gasteiger partial charge < -0.3 is 15.8 Å². The molecular weight excluding hydrogens is 252 g/mol. The summed E-state index contributed by atoms with van der Waals surface area (Å²) in [7, 11) is 1.50. The first-order valence-corrected chi connectivity index (χ1v) is 6.35. The molecule has 18 heavy (non-hydrogen) atoms. The van der Waals surface area contributed by atoms with Gasteiger partial charge in [0.15, 0.2) is 0 Å². The SMILES string of the molecule is CCC(CC)NC(=O)c1cc(Cl)c(N)cc1OC. The van der Waals surface area contributed by atoms with Crippen LogP contribution in [0.15, 0.2) is 12.1 Å². The molecule has 0 aliphatic heterocycles. The maximum atomic E-state index is 12.1. The number of methoxy groups -OCH3 is 1. The van der Waals surface area contributed by atoms with E-state index in [0.29, 0.717) is 22.0 Å². The number of ether oxygens (including phenoxy) is 1. The van der Waals surface area contributed by atoms with Crippen LogP contribution in [0.2, 0.25) is 5.02 Å². The Morgan fingerprint density at radius 3 is 2.56 bits per heavy atom. The average molecular weight is 271 g/mol. The summed E-state index contributed by atoms with van der Waals surface area (Å²) in [5, 5.41) is 3.29. The Morgan fingerprint density at radius 1 is 1.44 bits per heavy atom. The molecule has 0 aliphatic rings. The van der Waals surface area contributed by atoms with Crippen molar-refractivity contribution in [3.63, 3.8) is 0 Å². The van der Waals surface area contributed by atoms with Gasteiger partial charge in [0.1, 0.15) is 5.75 Å². The van der Waals surface area contributed by atoms with Crippen molar-refractivity contribution in [2.75, 3.05) is 12.8 Å². The monoisotopic (exact) mass is 270 g/mol. The van der Waals surface area contributed by atoms with E-state index in [1.165, 1.54) is 13.2 Å². The molecule has 0 heterocycles. The van der Waals surface area contributed by atoms with Gasteiger partial charge in [-0.1, -0.05) is 25.4 Å². The highest BCUT2D eigenvalue weighted by atomic mass is 35.5. The van der Waals surface area contributed by atoms with Crippen LogP contribution in [0.25, 0.3) is 0 Å². The van der Waals surface area contributed by atoms with Crippen LogP contribution in [0, 0.1) is 0 Å². The van der Waals surface area contributed by atoms with E-state index in [0.717, 1.165) is 12.8 Å². The van der Waals surface area contributed by atoms with Crippen molar-refractivity contribution >= 4 is 23.2 Å². The highest BCUT2D eigenvalue weighted by molar-refractivity contribution is 6.33. The fraction of sp³-hybridized carbons (Fsp3) is 0.462. The van der Waals surface area contributed by atoms with E-state index >= 15 is 0 Å². The summed E-state index contributed by atoms with van der Waals surface area (Å²) in [6, 6.07) is 3.25. The van der Waals surface area contributed by atoms with E-state index in [1.54, 1.807) is 6.07 Å². The lowest BCUT2D eigenvalue weighted by atomic mass is 10.1. The largest absolute Gasteiger partial charge is 0.496 e. The molecule has 0 bridgehead atoms. The normalized spacial score (nSPS) is 10.5. The van der Waals surface area contributed by atoms with Crippen molar-refractivity contribution in [2.24, 2.45) is 0 Å². The number of nitrogens with one attached hydrogen (secondary N) is 1. The molecule has 4 nitrogen and oxygen atoms in total. The van der Waals surface area contributed by atoms with Gasteiger partial charge in [0.25, 0.3) is 5.91 Å². The van der Waals surface area contributed by atoms with Gasteiger partial charge in [-0.05, 0) is 18.9 Å². The van der Waals surface area contributed by atoms with E-state index in [9.17, 15) is 4.79 Å². The quantitative estimate of drug-likeness (QED) is 0.809. The third-order valence-corrected chi connectivity index (χ3v) is 3.21. The predicted molar refractivity (Wildman–Crippen MR) is 74.3 cm³/mol. The van der Waals surface area contributed by atoms with Crippen LogP contribution in [0.3, 0.4) is 0 Å². The topological polar surface area (TPSA) is 64.4 Å². The number of carbonyl (C=O) groups is 1. The molecule has 1 amide bonds. The molecule has 0 unspecified atom stereocenters. The van der Waals surface area contributed by atoms with Crippen LogP contribution in [-0.4, -0.2) is 19.1 Å². The van der Waals surface area contributed by atoms with Gasteiger partial charge in [-0.2, -0.15) is 0 Å². The molecular formula is C13H19ClN2O2. The summed E-state index contributed by atoms with van der Waals surface area (Å²) < 4.78 is 5.15. The van der Waals surface area contributed by atoms with Crippen LogP contribution in [0.1, 0.15) is 37.0 Å². The number of nitrogens with two attached hydrogens (primary N) is 1. The fourth-order valence-electron chi connectivity index (χ4n) is 1.67. The molecule has 0 spiro atoms. The second kappa shape index (κ2) is 6.50. The summed E-state index contributed by atoms with van der Waals surface area (Å²) in [6.45, 7) is 4.06. The third kappa shape index (κ3) is 3.29. The minimum Gasteiger partial charge on any atom is -0.496 e. The van der Waals surface area contributed by atoms with E-state index in [1.807, 2.05) is 13.8 Å². The molecule has 0 aromatic heterocycles. The molecule has 0 atom stereocenters. The van der Waals surface area contributed by atoms with Crippen LogP contribution >= 0.6 is 11.6 Å². The van der Waals surface area contributed by atoms with Crippen molar-refractivity contribution in [1.29, 1.82) is 0 Å². The van der Waals surface area contributed by atoms with Crippen LogP contribution in [0.5, 0.6) is 5.75 Å². The number of carbonyl (C=O) groups excluding carboxylic acids is 1. The zero-order valence-electron chi connectivity index (χ0n) is 10.9. The lowest BCUT2D eigenvalue weighted by Crippen LogP contribution is -2.34. The average Bonchev–Trinajstić information content (AvgIpc) is 2.38. The van der Waals surface area contributed by atoms with Crippen LogP contribution < -0.4 is 15.8 Å². The zero-order chi connectivity index (χ0) is 13.7.